The zero-order valence-electron chi connectivity index (χ0n) is 12.3. The van der Waals surface area contributed by atoms with E-state index in [0.29, 0.717) is 43.2 Å². The van der Waals surface area contributed by atoms with Gasteiger partial charge in [-0.1, -0.05) is 0 Å². The molecule has 1 aromatic carbocycles. The molecule has 1 saturated heterocycles. The van der Waals surface area contributed by atoms with Crippen LogP contribution in [-0.2, 0) is 9.59 Å². The number of likely N-dealkylation sites (N-methyl/N-ethyl adjacent to an activating group) is 1. The average Bonchev–Trinajstić information content (AvgIpc) is 2.57. The molecule has 2 heterocycles. The molecule has 3 rings (SSSR count). The SMILES string of the molecule is CN1C(=O)COc2ccc(C(=O)N3CCN(C=O)CC3)cc21. The van der Waals surface area contributed by atoms with Gasteiger partial charge in [0.2, 0.25) is 6.41 Å². The lowest BCUT2D eigenvalue weighted by atomic mass is 10.1. The highest BCUT2D eigenvalue weighted by molar-refractivity contribution is 6.01. The van der Waals surface area contributed by atoms with Crippen molar-refractivity contribution in [2.24, 2.45) is 0 Å². The monoisotopic (exact) mass is 303 g/mol. The quantitative estimate of drug-likeness (QED) is 0.719. The number of anilines is 1. The van der Waals surface area contributed by atoms with E-state index in [-0.39, 0.29) is 18.4 Å². The maximum absolute atomic E-state index is 12.5. The summed E-state index contributed by atoms with van der Waals surface area (Å²) in [5.74, 6) is 0.362. The van der Waals surface area contributed by atoms with Crippen molar-refractivity contribution in [3.05, 3.63) is 23.8 Å². The molecule has 3 amide bonds. The first-order chi connectivity index (χ1) is 10.6. The summed E-state index contributed by atoms with van der Waals surface area (Å²) < 4.78 is 5.35. The van der Waals surface area contributed by atoms with Crippen LogP contribution < -0.4 is 9.64 Å². The summed E-state index contributed by atoms with van der Waals surface area (Å²) >= 11 is 0. The second kappa shape index (κ2) is 5.67. The van der Waals surface area contributed by atoms with E-state index in [2.05, 4.69) is 0 Å². The maximum Gasteiger partial charge on any atom is 0.264 e. The average molecular weight is 303 g/mol. The summed E-state index contributed by atoms with van der Waals surface area (Å²) in [7, 11) is 1.67. The number of piperazine rings is 1. The van der Waals surface area contributed by atoms with Gasteiger partial charge in [0, 0.05) is 38.8 Å². The Bertz CT molecular complexity index is 623. The zero-order valence-corrected chi connectivity index (χ0v) is 12.3. The van der Waals surface area contributed by atoms with E-state index in [9.17, 15) is 14.4 Å². The van der Waals surface area contributed by atoms with Crippen molar-refractivity contribution >= 4 is 23.9 Å². The molecule has 0 bridgehead atoms. The van der Waals surface area contributed by atoms with Gasteiger partial charge in [0.25, 0.3) is 11.8 Å². The van der Waals surface area contributed by atoms with Gasteiger partial charge in [0.1, 0.15) is 5.75 Å². The number of carbonyl (C=O) groups excluding carboxylic acids is 3. The molecule has 7 nitrogen and oxygen atoms in total. The molecule has 7 heteroatoms. The standard InChI is InChI=1S/C15H17N3O4/c1-16-12-8-11(2-3-13(12)22-9-14(16)20)15(21)18-6-4-17(10-19)5-7-18/h2-3,8,10H,4-7,9H2,1H3. The van der Waals surface area contributed by atoms with Crippen LogP contribution in [0.3, 0.4) is 0 Å². The third-order valence-electron chi connectivity index (χ3n) is 4.04. The Morgan fingerprint density at radius 3 is 2.64 bits per heavy atom. The van der Waals surface area contributed by atoms with Crippen LogP contribution in [-0.4, -0.2) is 67.9 Å². The van der Waals surface area contributed by atoms with E-state index in [1.54, 1.807) is 35.0 Å². The fourth-order valence-corrected chi connectivity index (χ4v) is 2.62. The molecule has 0 N–H and O–H groups in total. The number of hydrogen-bond acceptors (Lipinski definition) is 4. The van der Waals surface area contributed by atoms with Crippen molar-refractivity contribution in [3.63, 3.8) is 0 Å². The van der Waals surface area contributed by atoms with E-state index < -0.39 is 0 Å². The number of ether oxygens (including phenoxy) is 1. The molecule has 0 unspecified atom stereocenters. The third-order valence-corrected chi connectivity index (χ3v) is 4.04. The van der Waals surface area contributed by atoms with Crippen LogP contribution >= 0.6 is 0 Å². The number of amides is 3. The van der Waals surface area contributed by atoms with Gasteiger partial charge >= 0.3 is 0 Å². The summed E-state index contributed by atoms with van der Waals surface area (Å²) in [4.78, 5) is 39.8. The van der Waals surface area contributed by atoms with Crippen molar-refractivity contribution < 1.29 is 19.1 Å². The van der Waals surface area contributed by atoms with Gasteiger partial charge in [-0.05, 0) is 18.2 Å². The maximum atomic E-state index is 12.5. The number of carbonyl (C=O) groups is 3. The molecule has 1 fully saturated rings. The molecule has 0 aromatic heterocycles. The molecule has 22 heavy (non-hydrogen) atoms. The minimum Gasteiger partial charge on any atom is -0.482 e. The molecule has 2 aliphatic heterocycles. The van der Waals surface area contributed by atoms with E-state index in [0.717, 1.165) is 6.41 Å². The lowest BCUT2D eigenvalue weighted by Crippen LogP contribution is -2.48. The largest absolute Gasteiger partial charge is 0.482 e. The Hall–Kier alpha value is -2.57. The van der Waals surface area contributed by atoms with Crippen LogP contribution in [0, 0.1) is 0 Å². The molecular formula is C15H17N3O4. The molecule has 1 aromatic rings. The van der Waals surface area contributed by atoms with E-state index in [4.69, 9.17) is 4.74 Å². The van der Waals surface area contributed by atoms with Crippen molar-refractivity contribution in [1.29, 1.82) is 0 Å². The van der Waals surface area contributed by atoms with Crippen LogP contribution in [0.15, 0.2) is 18.2 Å². The summed E-state index contributed by atoms with van der Waals surface area (Å²) in [5, 5.41) is 0. The molecule has 0 saturated carbocycles. The highest BCUT2D eigenvalue weighted by atomic mass is 16.5. The van der Waals surface area contributed by atoms with Gasteiger partial charge in [0.05, 0.1) is 5.69 Å². The molecule has 116 valence electrons. The molecule has 0 spiro atoms. The fraction of sp³-hybridized carbons (Fsp3) is 0.400. The van der Waals surface area contributed by atoms with E-state index >= 15 is 0 Å². The van der Waals surface area contributed by atoms with Crippen molar-refractivity contribution in [2.75, 3.05) is 44.7 Å². The zero-order chi connectivity index (χ0) is 15.7. The van der Waals surface area contributed by atoms with Gasteiger partial charge in [0.15, 0.2) is 6.61 Å². The second-order valence-corrected chi connectivity index (χ2v) is 5.36. The minimum absolute atomic E-state index is 0.0183. The van der Waals surface area contributed by atoms with Crippen molar-refractivity contribution in [2.45, 2.75) is 0 Å². The number of hydrogen-bond donors (Lipinski definition) is 0. The Kier molecular flexibility index (Phi) is 3.70. The third kappa shape index (κ3) is 2.49. The second-order valence-electron chi connectivity index (χ2n) is 5.36. The molecule has 0 radical (unpaired) electrons. The Balaban J connectivity index is 1.79. The van der Waals surface area contributed by atoms with Crippen LogP contribution in [0.2, 0.25) is 0 Å². The normalized spacial score (nSPS) is 17.9. The van der Waals surface area contributed by atoms with Crippen molar-refractivity contribution in [1.82, 2.24) is 9.80 Å². The summed E-state index contributed by atoms with van der Waals surface area (Å²) in [5.41, 5.74) is 1.12. The minimum atomic E-state index is -0.142. The topological polar surface area (TPSA) is 70.2 Å². The number of rotatable bonds is 2. The molecule has 2 aliphatic rings. The number of benzene rings is 1. The fourth-order valence-electron chi connectivity index (χ4n) is 2.62. The van der Waals surface area contributed by atoms with Crippen molar-refractivity contribution in [3.8, 4) is 5.75 Å². The van der Waals surface area contributed by atoms with Crippen LogP contribution in [0.5, 0.6) is 5.75 Å². The van der Waals surface area contributed by atoms with Gasteiger partial charge in [-0.2, -0.15) is 0 Å². The van der Waals surface area contributed by atoms with Gasteiger partial charge < -0.3 is 19.4 Å². The first-order valence-corrected chi connectivity index (χ1v) is 7.12. The number of nitrogens with zero attached hydrogens (tertiary/aromatic N) is 3. The highest BCUT2D eigenvalue weighted by Gasteiger charge is 2.26. The smallest absolute Gasteiger partial charge is 0.264 e. The van der Waals surface area contributed by atoms with E-state index in [1.165, 1.54) is 4.90 Å². The Labute approximate surface area is 128 Å². The van der Waals surface area contributed by atoms with E-state index in [1.807, 2.05) is 0 Å². The van der Waals surface area contributed by atoms with Crippen LogP contribution in [0.4, 0.5) is 5.69 Å². The first kappa shape index (κ1) is 14.4. The Morgan fingerprint density at radius 1 is 1.23 bits per heavy atom. The predicted molar refractivity (Wildman–Crippen MR) is 78.9 cm³/mol. The molecule has 0 aliphatic carbocycles. The molecular weight excluding hydrogens is 286 g/mol. The van der Waals surface area contributed by atoms with Gasteiger partial charge in [-0.25, -0.2) is 0 Å². The van der Waals surface area contributed by atoms with Gasteiger partial charge in [-0.15, -0.1) is 0 Å². The predicted octanol–water partition coefficient (Wildman–Crippen LogP) is -0.0440. The lowest BCUT2D eigenvalue weighted by Gasteiger charge is -2.33. The number of fused-ring (bicyclic) bond motifs is 1. The summed E-state index contributed by atoms with van der Waals surface area (Å²) in [6.07, 6.45) is 0.804. The summed E-state index contributed by atoms with van der Waals surface area (Å²) in [6.45, 7) is 2.13. The summed E-state index contributed by atoms with van der Waals surface area (Å²) in [6, 6.07) is 5.10. The lowest BCUT2D eigenvalue weighted by molar-refractivity contribution is -0.121. The molecule has 0 atom stereocenters. The highest BCUT2D eigenvalue weighted by Crippen LogP contribution is 2.32. The van der Waals surface area contributed by atoms with Gasteiger partial charge in [-0.3, -0.25) is 14.4 Å². The first-order valence-electron chi connectivity index (χ1n) is 7.12. The Morgan fingerprint density at radius 2 is 1.95 bits per heavy atom. The van der Waals surface area contributed by atoms with Crippen LogP contribution in [0.25, 0.3) is 0 Å². The van der Waals surface area contributed by atoms with Crippen LogP contribution in [0.1, 0.15) is 10.4 Å².